The van der Waals surface area contributed by atoms with E-state index in [0.29, 0.717) is 29.5 Å². The van der Waals surface area contributed by atoms with E-state index in [1.54, 1.807) is 25.3 Å². The summed E-state index contributed by atoms with van der Waals surface area (Å²) in [4.78, 5) is 0.230. The Kier molecular flexibility index (Phi) is 4.81. The minimum Gasteiger partial charge on any atom is -0.490 e. The molecule has 1 aromatic carbocycles. The van der Waals surface area contributed by atoms with Crippen molar-refractivity contribution in [3.63, 3.8) is 0 Å². The van der Waals surface area contributed by atoms with Gasteiger partial charge in [-0.05, 0) is 12.1 Å². The molecule has 0 saturated heterocycles. The molecule has 0 amide bonds. The molecule has 15 heavy (non-hydrogen) atoms. The summed E-state index contributed by atoms with van der Waals surface area (Å²) in [6.07, 6.45) is 0. The fourth-order valence-electron chi connectivity index (χ4n) is 1.10. The van der Waals surface area contributed by atoms with Crippen LogP contribution in [-0.4, -0.2) is 25.3 Å². The Bertz CT molecular complexity index is 357. The molecule has 0 spiro atoms. The van der Waals surface area contributed by atoms with E-state index in [1.807, 2.05) is 0 Å². The van der Waals surface area contributed by atoms with E-state index in [9.17, 15) is 0 Å². The minimum atomic E-state index is 0.230. The van der Waals surface area contributed by atoms with Crippen molar-refractivity contribution in [1.29, 1.82) is 0 Å². The summed E-state index contributed by atoms with van der Waals surface area (Å²) in [5, 5.41) is 0.498. The van der Waals surface area contributed by atoms with Gasteiger partial charge in [-0.1, -0.05) is 29.9 Å². The van der Waals surface area contributed by atoms with E-state index < -0.39 is 0 Å². The Hall–Kier alpha value is -0.840. The first kappa shape index (κ1) is 12.2. The summed E-state index contributed by atoms with van der Waals surface area (Å²) in [5.74, 6) is 0.590. The maximum absolute atomic E-state index is 5.96. The zero-order valence-electron chi connectivity index (χ0n) is 8.33. The summed E-state index contributed by atoms with van der Waals surface area (Å²) in [6, 6.07) is 5.28. The van der Waals surface area contributed by atoms with E-state index >= 15 is 0 Å². The molecule has 5 heteroatoms. The van der Waals surface area contributed by atoms with Crippen LogP contribution in [0.15, 0.2) is 18.2 Å². The predicted molar refractivity (Wildman–Crippen MR) is 64.7 cm³/mol. The molecule has 2 N–H and O–H groups in total. The Labute approximate surface area is 99.1 Å². The molecule has 82 valence electrons. The molecular weight excluding hydrogens is 234 g/mol. The molecular formula is C10H12ClNO2S. The third-order valence-electron chi connectivity index (χ3n) is 1.77. The minimum absolute atomic E-state index is 0.230. The van der Waals surface area contributed by atoms with Gasteiger partial charge in [0.1, 0.15) is 17.3 Å². The monoisotopic (exact) mass is 245 g/mol. The van der Waals surface area contributed by atoms with Crippen molar-refractivity contribution in [2.75, 3.05) is 20.3 Å². The van der Waals surface area contributed by atoms with Crippen LogP contribution in [0.2, 0.25) is 5.02 Å². The average molecular weight is 246 g/mol. The van der Waals surface area contributed by atoms with Crippen LogP contribution in [0, 0.1) is 0 Å². The van der Waals surface area contributed by atoms with E-state index in [0.717, 1.165) is 0 Å². The van der Waals surface area contributed by atoms with Gasteiger partial charge >= 0.3 is 0 Å². The number of thiocarbonyl (C=S) groups is 1. The van der Waals surface area contributed by atoms with E-state index in [4.69, 9.17) is 39.0 Å². The molecule has 1 aromatic rings. The number of ether oxygens (including phenoxy) is 2. The first-order valence-electron chi connectivity index (χ1n) is 4.37. The molecule has 0 heterocycles. The molecule has 3 nitrogen and oxygen atoms in total. The smallest absolute Gasteiger partial charge is 0.131 e. The van der Waals surface area contributed by atoms with Gasteiger partial charge in [-0.25, -0.2) is 0 Å². The van der Waals surface area contributed by atoms with Gasteiger partial charge in [0, 0.05) is 7.11 Å². The number of hydrogen-bond acceptors (Lipinski definition) is 3. The number of hydrogen-bond donors (Lipinski definition) is 1. The first-order valence-corrected chi connectivity index (χ1v) is 5.15. The second kappa shape index (κ2) is 5.90. The zero-order chi connectivity index (χ0) is 11.3. The van der Waals surface area contributed by atoms with Gasteiger partial charge in [-0.3, -0.25) is 0 Å². The van der Waals surface area contributed by atoms with Crippen molar-refractivity contribution in [3.8, 4) is 5.75 Å². The van der Waals surface area contributed by atoms with Crippen LogP contribution >= 0.6 is 23.8 Å². The van der Waals surface area contributed by atoms with Crippen LogP contribution in [0.1, 0.15) is 5.56 Å². The molecule has 0 bridgehead atoms. The largest absolute Gasteiger partial charge is 0.490 e. The molecule has 1 rings (SSSR count). The summed E-state index contributed by atoms with van der Waals surface area (Å²) in [5.41, 5.74) is 6.13. The van der Waals surface area contributed by atoms with Gasteiger partial charge < -0.3 is 15.2 Å². The van der Waals surface area contributed by atoms with E-state index in [1.165, 1.54) is 0 Å². The van der Waals surface area contributed by atoms with Crippen molar-refractivity contribution < 1.29 is 9.47 Å². The number of benzene rings is 1. The SMILES string of the molecule is COCCOc1cccc(Cl)c1C(N)=S. The highest BCUT2D eigenvalue weighted by molar-refractivity contribution is 7.80. The average Bonchev–Trinajstić information content (AvgIpc) is 2.17. The highest BCUT2D eigenvalue weighted by Crippen LogP contribution is 2.26. The first-order chi connectivity index (χ1) is 7.16. The molecule has 0 aromatic heterocycles. The summed E-state index contributed by atoms with van der Waals surface area (Å²) >= 11 is 10.9. The Balaban J connectivity index is 2.86. The van der Waals surface area contributed by atoms with Gasteiger partial charge in [-0.15, -0.1) is 0 Å². The van der Waals surface area contributed by atoms with Crippen molar-refractivity contribution >= 4 is 28.8 Å². The third kappa shape index (κ3) is 3.34. The van der Waals surface area contributed by atoms with Gasteiger partial charge in [0.05, 0.1) is 17.2 Å². The van der Waals surface area contributed by atoms with Crippen LogP contribution in [0.4, 0.5) is 0 Å². The molecule has 0 aliphatic carbocycles. The zero-order valence-corrected chi connectivity index (χ0v) is 9.90. The lowest BCUT2D eigenvalue weighted by Crippen LogP contribution is -2.14. The van der Waals surface area contributed by atoms with Crippen molar-refractivity contribution in [3.05, 3.63) is 28.8 Å². The van der Waals surface area contributed by atoms with Gasteiger partial charge in [-0.2, -0.15) is 0 Å². The molecule has 0 atom stereocenters. The highest BCUT2D eigenvalue weighted by Gasteiger charge is 2.10. The van der Waals surface area contributed by atoms with Crippen molar-refractivity contribution in [2.24, 2.45) is 5.73 Å². The van der Waals surface area contributed by atoms with Crippen LogP contribution in [0.25, 0.3) is 0 Å². The quantitative estimate of drug-likeness (QED) is 0.637. The fraction of sp³-hybridized carbons (Fsp3) is 0.300. The lowest BCUT2D eigenvalue weighted by atomic mass is 10.2. The normalized spacial score (nSPS) is 10.0. The number of methoxy groups -OCH3 is 1. The predicted octanol–water partition coefficient (Wildman–Crippen LogP) is 2.00. The van der Waals surface area contributed by atoms with Crippen LogP contribution in [0.3, 0.4) is 0 Å². The molecule has 0 saturated carbocycles. The number of rotatable bonds is 5. The topological polar surface area (TPSA) is 44.5 Å². The second-order valence-corrected chi connectivity index (χ2v) is 3.67. The molecule has 0 unspecified atom stereocenters. The number of halogens is 1. The van der Waals surface area contributed by atoms with Gasteiger partial charge in [0.2, 0.25) is 0 Å². The second-order valence-electron chi connectivity index (χ2n) is 2.82. The lowest BCUT2D eigenvalue weighted by Gasteiger charge is -2.11. The van der Waals surface area contributed by atoms with Gasteiger partial charge in [0.25, 0.3) is 0 Å². The summed E-state index contributed by atoms with van der Waals surface area (Å²) < 4.78 is 10.3. The molecule has 0 fully saturated rings. The molecule has 0 aliphatic heterocycles. The van der Waals surface area contributed by atoms with Crippen LogP contribution < -0.4 is 10.5 Å². The number of nitrogens with two attached hydrogens (primary N) is 1. The maximum Gasteiger partial charge on any atom is 0.131 e. The Morgan fingerprint density at radius 2 is 2.20 bits per heavy atom. The lowest BCUT2D eigenvalue weighted by molar-refractivity contribution is 0.146. The fourth-order valence-corrected chi connectivity index (χ4v) is 1.63. The van der Waals surface area contributed by atoms with Crippen molar-refractivity contribution in [2.45, 2.75) is 0 Å². The van der Waals surface area contributed by atoms with Crippen LogP contribution in [-0.2, 0) is 4.74 Å². The van der Waals surface area contributed by atoms with E-state index in [2.05, 4.69) is 0 Å². The maximum atomic E-state index is 5.96. The van der Waals surface area contributed by atoms with Gasteiger partial charge in [0.15, 0.2) is 0 Å². The Morgan fingerprint density at radius 3 is 2.80 bits per heavy atom. The molecule has 0 radical (unpaired) electrons. The van der Waals surface area contributed by atoms with E-state index in [-0.39, 0.29) is 4.99 Å². The molecule has 0 aliphatic rings. The van der Waals surface area contributed by atoms with Crippen LogP contribution in [0.5, 0.6) is 5.75 Å². The van der Waals surface area contributed by atoms with Crippen molar-refractivity contribution in [1.82, 2.24) is 0 Å². The third-order valence-corrected chi connectivity index (χ3v) is 2.29. The Morgan fingerprint density at radius 1 is 1.47 bits per heavy atom. The summed E-state index contributed by atoms with van der Waals surface area (Å²) in [7, 11) is 1.61. The summed E-state index contributed by atoms with van der Waals surface area (Å²) in [6.45, 7) is 0.940. The standard InChI is InChI=1S/C10H12ClNO2S/c1-13-5-6-14-8-4-2-3-7(11)9(8)10(12)15/h2-4H,5-6H2,1H3,(H2,12,15). The highest BCUT2D eigenvalue weighted by atomic mass is 35.5.